The van der Waals surface area contributed by atoms with Gasteiger partial charge in [0, 0.05) is 1.43 Å². The summed E-state index contributed by atoms with van der Waals surface area (Å²) in [5.41, 5.74) is 0. The van der Waals surface area contributed by atoms with Crippen LogP contribution in [-0.4, -0.2) is 17.5 Å². The van der Waals surface area contributed by atoms with E-state index in [4.69, 9.17) is 17.5 Å². The predicted octanol–water partition coefficient (Wildman–Crippen LogP) is -0.407. The average molecular weight is 101 g/mol. The van der Waals surface area contributed by atoms with Crippen molar-refractivity contribution in [2.75, 3.05) is 0 Å². The second kappa shape index (κ2) is 0.925. The van der Waals surface area contributed by atoms with Crippen molar-refractivity contribution in [3.8, 4) is 0 Å². The Hall–Kier alpha value is -0.130. The Morgan fingerprint density at radius 3 is 1.40 bits per heavy atom. The van der Waals surface area contributed by atoms with Crippen molar-refractivity contribution in [2.45, 2.75) is 0 Å². The van der Waals surface area contributed by atoms with E-state index >= 15 is 0 Å². The zero-order valence-electron chi connectivity index (χ0n) is 2.12. The van der Waals surface area contributed by atoms with Crippen LogP contribution < -0.4 is 0 Å². The van der Waals surface area contributed by atoms with E-state index in [2.05, 4.69) is 0 Å². The quantitative estimate of drug-likeness (QED) is 0.407. The first-order valence-electron chi connectivity index (χ1n) is 0.698. The zero-order valence-corrected chi connectivity index (χ0v) is 2.94. The highest BCUT2D eigenvalue weighted by Gasteiger charge is 1.84. The number of rotatable bonds is 0. The Labute approximate surface area is 30.5 Å². The lowest BCUT2D eigenvalue weighted by molar-refractivity contribution is 0.381. The molecule has 0 amide bonds. The Morgan fingerprint density at radius 1 is 1.40 bits per heavy atom. The molecule has 0 spiro atoms. The summed E-state index contributed by atoms with van der Waals surface area (Å²) in [7, 11) is -4.67. The SMILES string of the molecule is O=S(=O)(O)O.[2HH]. The average Bonchev–Trinajstić information content (AvgIpc) is 0.722. The molecule has 0 aromatic rings. The first-order valence-corrected chi connectivity index (χ1v) is 2.10. The van der Waals surface area contributed by atoms with Gasteiger partial charge in [-0.3, -0.25) is 9.11 Å². The molecule has 0 fully saturated rings. The molecule has 0 atom stereocenters. The molecule has 0 aromatic heterocycles. The Kier molecular flexibility index (Phi) is 0.901. The largest absolute Gasteiger partial charge is 0.394 e. The fourth-order valence-corrected chi connectivity index (χ4v) is 0. The molecular formula is H4O4S. The maximum absolute atomic E-state index is 8.74. The fraction of sp³-hybridized carbons (Fsp3) is 0. The Balaban J connectivity index is 0. The van der Waals surface area contributed by atoms with E-state index in [1.54, 1.807) is 0 Å². The second-order valence-corrected chi connectivity index (χ2v) is 1.34. The molecule has 0 saturated heterocycles. The minimum Gasteiger partial charge on any atom is -0.264 e. The van der Waals surface area contributed by atoms with E-state index in [9.17, 15) is 0 Å². The molecule has 2 N–H and O–H groups in total. The van der Waals surface area contributed by atoms with E-state index in [1.165, 1.54) is 0 Å². The van der Waals surface area contributed by atoms with Gasteiger partial charge in [0.2, 0.25) is 0 Å². The lowest BCUT2D eigenvalue weighted by atomic mass is 15.8. The molecular weight excluding hydrogens is 96.1 g/mol. The van der Waals surface area contributed by atoms with Crippen LogP contribution >= 0.6 is 0 Å². The third-order valence-corrected chi connectivity index (χ3v) is 0. The van der Waals surface area contributed by atoms with E-state index < -0.39 is 10.4 Å². The van der Waals surface area contributed by atoms with Crippen molar-refractivity contribution < 1.29 is 18.9 Å². The van der Waals surface area contributed by atoms with Crippen LogP contribution in [0.1, 0.15) is 1.43 Å². The van der Waals surface area contributed by atoms with Gasteiger partial charge in [-0.05, 0) is 0 Å². The van der Waals surface area contributed by atoms with Gasteiger partial charge in [0.15, 0.2) is 0 Å². The van der Waals surface area contributed by atoms with Crippen LogP contribution in [0, 0.1) is 0 Å². The molecule has 0 saturated carbocycles. The van der Waals surface area contributed by atoms with Crippen LogP contribution in [0.5, 0.6) is 0 Å². The third kappa shape index (κ3) is 801. The molecule has 0 aliphatic heterocycles. The van der Waals surface area contributed by atoms with Gasteiger partial charge in [0.1, 0.15) is 0 Å². The van der Waals surface area contributed by atoms with Crippen LogP contribution in [0.15, 0.2) is 0 Å². The summed E-state index contributed by atoms with van der Waals surface area (Å²) >= 11 is 0. The maximum atomic E-state index is 8.74. The molecule has 0 aromatic carbocycles. The molecule has 0 rings (SSSR count). The van der Waals surface area contributed by atoms with E-state index in [1.807, 2.05) is 0 Å². The van der Waals surface area contributed by atoms with Crippen molar-refractivity contribution in [1.29, 1.82) is 0 Å². The van der Waals surface area contributed by atoms with Gasteiger partial charge in [0.05, 0.1) is 0 Å². The third-order valence-electron chi connectivity index (χ3n) is 0. The van der Waals surface area contributed by atoms with Crippen LogP contribution in [0.4, 0.5) is 0 Å². The van der Waals surface area contributed by atoms with Crippen molar-refractivity contribution in [3.63, 3.8) is 0 Å². The van der Waals surface area contributed by atoms with Crippen molar-refractivity contribution in [3.05, 3.63) is 0 Å². The van der Waals surface area contributed by atoms with Gasteiger partial charge in [-0.2, -0.15) is 8.42 Å². The van der Waals surface area contributed by atoms with Gasteiger partial charge in [-0.25, -0.2) is 0 Å². The summed E-state index contributed by atoms with van der Waals surface area (Å²) in [5, 5.41) is 0. The van der Waals surface area contributed by atoms with Crippen LogP contribution in [-0.2, 0) is 10.4 Å². The van der Waals surface area contributed by atoms with Crippen LogP contribution in [0.2, 0.25) is 0 Å². The van der Waals surface area contributed by atoms with Crippen LogP contribution in [0.3, 0.4) is 0 Å². The maximum Gasteiger partial charge on any atom is 0.394 e. The Bertz CT molecular complexity index is 90.7. The van der Waals surface area contributed by atoms with E-state index in [0.717, 1.165) is 0 Å². The van der Waals surface area contributed by atoms with Crippen LogP contribution in [0.25, 0.3) is 0 Å². The smallest absolute Gasteiger partial charge is 0.264 e. The fourth-order valence-electron chi connectivity index (χ4n) is 0. The van der Waals surface area contributed by atoms with E-state index in [0.29, 0.717) is 0 Å². The molecule has 5 heteroatoms. The summed E-state index contributed by atoms with van der Waals surface area (Å²) in [5.74, 6) is 0. The number of hydrogen-bond acceptors (Lipinski definition) is 2. The van der Waals surface area contributed by atoms with Crippen molar-refractivity contribution in [1.82, 2.24) is 0 Å². The zero-order chi connectivity index (χ0) is 4.50. The van der Waals surface area contributed by atoms with Gasteiger partial charge in [0.25, 0.3) is 0 Å². The predicted molar refractivity (Wildman–Crippen MR) is 16.3 cm³/mol. The highest BCUT2D eigenvalue weighted by atomic mass is 32.3. The molecule has 5 heavy (non-hydrogen) atoms. The molecule has 0 bridgehead atoms. The minimum absolute atomic E-state index is 0. The molecule has 0 aliphatic rings. The van der Waals surface area contributed by atoms with Crippen molar-refractivity contribution >= 4 is 10.4 Å². The lowest BCUT2D eigenvalue weighted by Crippen LogP contribution is -1.89. The summed E-state index contributed by atoms with van der Waals surface area (Å²) in [4.78, 5) is 0. The molecule has 34 valence electrons. The summed E-state index contributed by atoms with van der Waals surface area (Å²) in [6, 6.07) is 0. The molecule has 0 heterocycles. The topological polar surface area (TPSA) is 74.6 Å². The molecule has 0 radical (unpaired) electrons. The molecule has 4 nitrogen and oxygen atoms in total. The number of hydrogen-bond donors (Lipinski definition) is 2. The minimum atomic E-state index is -4.67. The first kappa shape index (κ1) is 4.87. The standard InChI is InChI=1S/H2O4S.H2/c1-5(2,3)4;/h(H2,1,2,3,4);1H/i;1+1. The van der Waals surface area contributed by atoms with E-state index in [-0.39, 0.29) is 1.43 Å². The lowest BCUT2D eigenvalue weighted by Gasteiger charge is -1.68. The summed E-state index contributed by atoms with van der Waals surface area (Å²) in [6.07, 6.45) is 0. The monoisotopic (exact) mass is 101 g/mol. The van der Waals surface area contributed by atoms with Gasteiger partial charge >= 0.3 is 10.4 Å². The van der Waals surface area contributed by atoms with Gasteiger partial charge in [-0.15, -0.1) is 0 Å². The normalized spacial score (nSPS) is 11.6. The highest BCUT2D eigenvalue weighted by Crippen LogP contribution is 1.59. The molecule has 0 aliphatic carbocycles. The summed E-state index contributed by atoms with van der Waals surface area (Å²) < 4.78 is 31.6. The first-order chi connectivity index (χ1) is 2.00. The Morgan fingerprint density at radius 2 is 1.40 bits per heavy atom. The molecule has 0 unspecified atom stereocenters. The summed E-state index contributed by atoms with van der Waals surface area (Å²) in [6.45, 7) is 0. The highest BCUT2D eigenvalue weighted by molar-refractivity contribution is 7.79. The van der Waals surface area contributed by atoms with Gasteiger partial charge in [-0.1, -0.05) is 0 Å². The van der Waals surface area contributed by atoms with Crippen molar-refractivity contribution in [2.24, 2.45) is 0 Å². The second-order valence-electron chi connectivity index (χ2n) is 0.448. The van der Waals surface area contributed by atoms with Gasteiger partial charge < -0.3 is 0 Å².